The molecular weight excluding hydrogens is 318 g/mol. The zero-order chi connectivity index (χ0) is 16.9. The normalized spacial score (nSPS) is 19.0. The van der Waals surface area contributed by atoms with Crippen molar-refractivity contribution in [3.63, 3.8) is 0 Å². The molecule has 24 heavy (non-hydrogen) atoms. The topological polar surface area (TPSA) is 45.2 Å². The van der Waals surface area contributed by atoms with E-state index in [0.29, 0.717) is 12.0 Å². The summed E-state index contributed by atoms with van der Waals surface area (Å²) in [4.78, 5) is 14.0. The van der Waals surface area contributed by atoms with E-state index in [1.165, 1.54) is 19.3 Å². The fourth-order valence-corrected chi connectivity index (χ4v) is 4.04. The largest absolute Gasteiger partial charge is 0.347 e. The van der Waals surface area contributed by atoms with Crippen molar-refractivity contribution in [2.45, 2.75) is 51.6 Å². The maximum absolute atomic E-state index is 4.72. The predicted molar refractivity (Wildman–Crippen MR) is 99.6 cm³/mol. The molecule has 0 N–H and O–H groups in total. The van der Waals surface area contributed by atoms with Crippen molar-refractivity contribution >= 4 is 16.7 Å². The molecule has 3 heterocycles. The van der Waals surface area contributed by atoms with Crippen molar-refractivity contribution in [3.8, 4) is 0 Å². The number of rotatable bonds is 5. The third-order valence-corrected chi connectivity index (χ3v) is 5.47. The SMILES string of the molecule is CC(C)c1nsc(N2CCCC(N(C)Cc3ccccn3)CC2)n1. The molecule has 2 aromatic heterocycles. The van der Waals surface area contributed by atoms with Crippen LogP contribution in [0, 0.1) is 0 Å². The molecule has 1 atom stereocenters. The minimum atomic E-state index is 0.402. The van der Waals surface area contributed by atoms with E-state index in [9.17, 15) is 0 Å². The second-order valence-electron chi connectivity index (χ2n) is 6.90. The van der Waals surface area contributed by atoms with Crippen molar-refractivity contribution in [1.29, 1.82) is 0 Å². The molecular formula is C18H27N5S. The summed E-state index contributed by atoms with van der Waals surface area (Å²) in [6.07, 6.45) is 5.48. The first-order valence-corrected chi connectivity index (χ1v) is 9.59. The van der Waals surface area contributed by atoms with E-state index in [4.69, 9.17) is 4.98 Å². The van der Waals surface area contributed by atoms with Crippen LogP contribution in [0.4, 0.5) is 5.13 Å². The first-order chi connectivity index (χ1) is 11.6. The Hall–Kier alpha value is -1.53. The fourth-order valence-electron chi connectivity index (χ4n) is 3.18. The Morgan fingerprint density at radius 2 is 2.17 bits per heavy atom. The average molecular weight is 346 g/mol. The van der Waals surface area contributed by atoms with Gasteiger partial charge >= 0.3 is 0 Å². The Morgan fingerprint density at radius 1 is 1.29 bits per heavy atom. The number of aromatic nitrogens is 3. The van der Waals surface area contributed by atoms with Crippen LogP contribution < -0.4 is 4.90 Å². The van der Waals surface area contributed by atoms with Gasteiger partial charge in [0.05, 0.1) is 5.69 Å². The van der Waals surface area contributed by atoms with Crippen LogP contribution in [0.3, 0.4) is 0 Å². The number of pyridine rings is 1. The molecule has 1 fully saturated rings. The van der Waals surface area contributed by atoms with Crippen LogP contribution in [-0.2, 0) is 6.54 Å². The zero-order valence-corrected chi connectivity index (χ0v) is 15.7. The quantitative estimate of drug-likeness (QED) is 0.829. The predicted octanol–water partition coefficient (Wildman–Crippen LogP) is 3.55. The lowest BCUT2D eigenvalue weighted by atomic mass is 10.1. The molecule has 3 rings (SSSR count). The Morgan fingerprint density at radius 3 is 2.88 bits per heavy atom. The Kier molecular flexibility index (Phi) is 5.79. The lowest BCUT2D eigenvalue weighted by Crippen LogP contribution is -2.33. The molecule has 1 saturated heterocycles. The van der Waals surface area contributed by atoms with Crippen LogP contribution in [0.2, 0.25) is 0 Å². The Labute approximate surface area is 148 Å². The second kappa shape index (κ2) is 8.03. The van der Waals surface area contributed by atoms with Crippen molar-refractivity contribution in [2.24, 2.45) is 0 Å². The smallest absolute Gasteiger partial charge is 0.205 e. The highest BCUT2D eigenvalue weighted by atomic mass is 32.1. The summed E-state index contributed by atoms with van der Waals surface area (Å²) in [5.41, 5.74) is 1.15. The van der Waals surface area contributed by atoms with Gasteiger partial charge < -0.3 is 4.90 Å². The standard InChI is InChI=1S/C18H27N5S/c1-14(2)17-20-18(24-21-17)23-11-6-8-16(9-12-23)22(3)13-15-7-4-5-10-19-15/h4-5,7,10,14,16H,6,8-9,11-13H2,1-3H3. The van der Waals surface area contributed by atoms with Gasteiger partial charge in [0, 0.05) is 49.3 Å². The molecule has 130 valence electrons. The highest BCUT2D eigenvalue weighted by Crippen LogP contribution is 2.25. The summed E-state index contributed by atoms with van der Waals surface area (Å²) < 4.78 is 4.50. The fraction of sp³-hybridized carbons (Fsp3) is 0.611. The van der Waals surface area contributed by atoms with Crippen LogP contribution in [-0.4, -0.2) is 45.4 Å². The summed E-state index contributed by atoms with van der Waals surface area (Å²) in [6, 6.07) is 6.75. The maximum Gasteiger partial charge on any atom is 0.205 e. The lowest BCUT2D eigenvalue weighted by Gasteiger charge is -2.26. The van der Waals surface area contributed by atoms with Gasteiger partial charge in [-0.05, 0) is 38.4 Å². The summed E-state index contributed by atoms with van der Waals surface area (Å²) in [5.74, 6) is 1.38. The number of anilines is 1. The molecule has 0 spiro atoms. The summed E-state index contributed by atoms with van der Waals surface area (Å²) in [6.45, 7) is 7.36. The third kappa shape index (κ3) is 4.30. The molecule has 0 saturated carbocycles. The molecule has 2 aromatic rings. The second-order valence-corrected chi connectivity index (χ2v) is 7.63. The number of hydrogen-bond acceptors (Lipinski definition) is 6. The van der Waals surface area contributed by atoms with Crippen molar-refractivity contribution < 1.29 is 0 Å². The average Bonchev–Trinajstić information content (AvgIpc) is 2.94. The molecule has 5 nitrogen and oxygen atoms in total. The van der Waals surface area contributed by atoms with Gasteiger partial charge in [-0.2, -0.15) is 4.37 Å². The number of nitrogens with zero attached hydrogens (tertiary/aromatic N) is 5. The molecule has 0 amide bonds. The maximum atomic E-state index is 4.72. The van der Waals surface area contributed by atoms with E-state index in [2.05, 4.69) is 52.2 Å². The molecule has 0 radical (unpaired) electrons. The van der Waals surface area contributed by atoms with Crippen LogP contribution in [0.5, 0.6) is 0 Å². The van der Waals surface area contributed by atoms with Crippen LogP contribution in [0.25, 0.3) is 0 Å². The monoisotopic (exact) mass is 345 g/mol. The molecule has 6 heteroatoms. The van der Waals surface area contributed by atoms with Gasteiger partial charge in [0.25, 0.3) is 0 Å². The molecule has 0 bridgehead atoms. The van der Waals surface area contributed by atoms with Gasteiger partial charge in [-0.25, -0.2) is 4.98 Å². The lowest BCUT2D eigenvalue weighted by molar-refractivity contribution is 0.215. The van der Waals surface area contributed by atoms with Gasteiger partial charge in [0.2, 0.25) is 5.13 Å². The van der Waals surface area contributed by atoms with Gasteiger partial charge in [-0.1, -0.05) is 19.9 Å². The first kappa shape index (κ1) is 17.3. The molecule has 0 aromatic carbocycles. The van der Waals surface area contributed by atoms with Crippen molar-refractivity contribution in [3.05, 3.63) is 35.9 Å². The Bertz CT molecular complexity index is 627. The zero-order valence-electron chi connectivity index (χ0n) is 14.9. The summed E-state index contributed by atoms with van der Waals surface area (Å²) in [7, 11) is 2.22. The van der Waals surface area contributed by atoms with E-state index in [-0.39, 0.29) is 0 Å². The summed E-state index contributed by atoms with van der Waals surface area (Å²) in [5, 5.41) is 1.09. The van der Waals surface area contributed by atoms with E-state index in [0.717, 1.165) is 36.3 Å². The van der Waals surface area contributed by atoms with Gasteiger partial charge in [0.15, 0.2) is 0 Å². The van der Waals surface area contributed by atoms with Crippen LogP contribution in [0.1, 0.15) is 50.5 Å². The minimum absolute atomic E-state index is 0.402. The van der Waals surface area contributed by atoms with Crippen LogP contribution >= 0.6 is 11.5 Å². The van der Waals surface area contributed by atoms with Gasteiger partial charge in [-0.3, -0.25) is 9.88 Å². The van der Waals surface area contributed by atoms with Crippen molar-refractivity contribution in [2.75, 3.05) is 25.0 Å². The third-order valence-electron chi connectivity index (χ3n) is 4.68. The van der Waals surface area contributed by atoms with Gasteiger partial charge in [0.1, 0.15) is 5.82 Å². The number of hydrogen-bond donors (Lipinski definition) is 0. The minimum Gasteiger partial charge on any atom is -0.347 e. The molecule has 1 unspecified atom stereocenters. The van der Waals surface area contributed by atoms with E-state index < -0.39 is 0 Å². The molecule has 0 aliphatic carbocycles. The Balaban J connectivity index is 1.58. The van der Waals surface area contributed by atoms with E-state index >= 15 is 0 Å². The highest BCUT2D eigenvalue weighted by molar-refractivity contribution is 7.09. The van der Waals surface area contributed by atoms with E-state index in [1.807, 2.05) is 12.3 Å². The van der Waals surface area contributed by atoms with Crippen molar-refractivity contribution in [1.82, 2.24) is 19.2 Å². The molecule has 1 aliphatic heterocycles. The van der Waals surface area contributed by atoms with Gasteiger partial charge in [-0.15, -0.1) is 0 Å². The van der Waals surface area contributed by atoms with Crippen LogP contribution in [0.15, 0.2) is 24.4 Å². The van der Waals surface area contributed by atoms with E-state index in [1.54, 1.807) is 11.5 Å². The first-order valence-electron chi connectivity index (χ1n) is 8.82. The summed E-state index contributed by atoms with van der Waals surface area (Å²) >= 11 is 1.55. The highest BCUT2D eigenvalue weighted by Gasteiger charge is 2.23. The molecule has 1 aliphatic rings.